The molecule has 0 bridgehead atoms. The first kappa shape index (κ1) is 25.8. The van der Waals surface area contributed by atoms with Crippen molar-refractivity contribution < 1.29 is 14.3 Å². The maximum atomic E-state index is 12.4. The highest BCUT2D eigenvalue weighted by Gasteiger charge is 2.20. The number of benzene rings is 1. The Labute approximate surface area is 208 Å². The van der Waals surface area contributed by atoms with Crippen LogP contribution in [0, 0.1) is 0 Å². The Balaban J connectivity index is 1.97. The van der Waals surface area contributed by atoms with Gasteiger partial charge in [0, 0.05) is 26.4 Å². The van der Waals surface area contributed by atoms with Crippen LogP contribution in [0.1, 0.15) is 20.8 Å². The topological polar surface area (TPSA) is 151 Å². The number of aromatic amines is 2. The van der Waals surface area contributed by atoms with Crippen molar-refractivity contribution in [1.82, 2.24) is 19.7 Å². The summed E-state index contributed by atoms with van der Waals surface area (Å²) in [5, 5.41) is 6.10. The van der Waals surface area contributed by atoms with Crippen molar-refractivity contribution in [3.05, 3.63) is 65.6 Å². The molecule has 35 heavy (non-hydrogen) atoms. The average molecular weight is 525 g/mol. The molecule has 186 valence electrons. The molecular formula is C21H22Cl2N6O6. The SMILES string of the molecule is CN(C)c1cc(Oc2c(Cl)cc(-n3nc(NC(=O)OC(C)(C)C)c(=O)[nH]c3=O)cc2Cl)c[nH]c1=O. The molecule has 3 N–H and O–H groups in total. The van der Waals surface area contributed by atoms with Gasteiger partial charge >= 0.3 is 11.8 Å². The number of carbonyl (C=O) groups excluding carboxylic acids is 1. The fourth-order valence-electron chi connectivity index (χ4n) is 2.78. The fraction of sp³-hybridized carbons (Fsp3) is 0.286. The molecule has 0 radical (unpaired) electrons. The van der Waals surface area contributed by atoms with E-state index in [1.807, 2.05) is 0 Å². The van der Waals surface area contributed by atoms with E-state index in [9.17, 15) is 19.2 Å². The number of carbonyl (C=O) groups is 1. The summed E-state index contributed by atoms with van der Waals surface area (Å²) in [5.74, 6) is -0.165. The Morgan fingerprint density at radius 1 is 1.09 bits per heavy atom. The molecule has 3 aromatic rings. The van der Waals surface area contributed by atoms with E-state index in [2.05, 4.69) is 20.4 Å². The third-order valence-corrected chi connectivity index (χ3v) is 4.80. The van der Waals surface area contributed by atoms with Crippen LogP contribution >= 0.6 is 23.2 Å². The quantitative estimate of drug-likeness (QED) is 0.460. The lowest BCUT2D eigenvalue weighted by molar-refractivity contribution is 0.0634. The highest BCUT2D eigenvalue weighted by molar-refractivity contribution is 6.37. The smallest absolute Gasteiger partial charge is 0.413 e. The summed E-state index contributed by atoms with van der Waals surface area (Å²) in [5.41, 5.74) is -2.53. The van der Waals surface area contributed by atoms with Gasteiger partial charge in [0.15, 0.2) is 5.75 Å². The van der Waals surface area contributed by atoms with Gasteiger partial charge in [-0.05, 0) is 32.9 Å². The van der Waals surface area contributed by atoms with Crippen LogP contribution in [0.4, 0.5) is 16.3 Å². The number of nitrogens with zero attached hydrogens (tertiary/aromatic N) is 3. The molecule has 0 aliphatic heterocycles. The number of hydrogen-bond donors (Lipinski definition) is 3. The second-order valence-corrected chi connectivity index (χ2v) is 9.25. The summed E-state index contributed by atoms with van der Waals surface area (Å²) in [6.07, 6.45) is 0.414. The zero-order chi connectivity index (χ0) is 26.1. The first-order valence-corrected chi connectivity index (χ1v) is 10.8. The molecule has 0 aliphatic carbocycles. The second kappa shape index (κ2) is 9.84. The Morgan fingerprint density at radius 2 is 1.71 bits per heavy atom. The molecule has 0 saturated heterocycles. The van der Waals surface area contributed by atoms with Crippen molar-refractivity contribution in [3.8, 4) is 17.2 Å². The van der Waals surface area contributed by atoms with Crippen molar-refractivity contribution in [2.45, 2.75) is 26.4 Å². The van der Waals surface area contributed by atoms with Crippen molar-refractivity contribution in [3.63, 3.8) is 0 Å². The van der Waals surface area contributed by atoms with Crippen molar-refractivity contribution in [1.29, 1.82) is 0 Å². The summed E-state index contributed by atoms with van der Waals surface area (Å²) in [7, 11) is 3.40. The fourth-order valence-corrected chi connectivity index (χ4v) is 3.34. The van der Waals surface area contributed by atoms with Crippen LogP contribution in [-0.2, 0) is 4.74 Å². The molecule has 12 nitrogen and oxygen atoms in total. The van der Waals surface area contributed by atoms with E-state index in [-0.39, 0.29) is 32.8 Å². The van der Waals surface area contributed by atoms with Crippen molar-refractivity contribution in [2.75, 3.05) is 24.3 Å². The van der Waals surface area contributed by atoms with Crippen LogP contribution in [0.5, 0.6) is 11.5 Å². The third kappa shape index (κ3) is 6.22. The number of pyridine rings is 1. The molecule has 0 spiro atoms. The van der Waals surface area contributed by atoms with Crippen LogP contribution < -0.4 is 31.8 Å². The lowest BCUT2D eigenvalue weighted by atomic mass is 10.2. The number of halogens is 2. The van der Waals surface area contributed by atoms with Gasteiger partial charge in [-0.2, -0.15) is 4.68 Å². The molecule has 1 amide bonds. The number of amides is 1. The molecule has 0 fully saturated rings. The van der Waals surface area contributed by atoms with E-state index in [4.69, 9.17) is 32.7 Å². The summed E-state index contributed by atoms with van der Waals surface area (Å²) >= 11 is 12.7. The number of ether oxygens (including phenoxy) is 2. The van der Waals surface area contributed by atoms with E-state index in [0.717, 1.165) is 4.68 Å². The molecule has 0 atom stereocenters. The van der Waals surface area contributed by atoms with E-state index in [1.54, 1.807) is 39.8 Å². The maximum Gasteiger partial charge on any atom is 0.413 e. The molecule has 0 unspecified atom stereocenters. The molecule has 2 aromatic heterocycles. The molecule has 3 rings (SSSR count). The Kier molecular flexibility index (Phi) is 7.27. The summed E-state index contributed by atoms with van der Waals surface area (Å²) in [4.78, 5) is 54.7. The summed E-state index contributed by atoms with van der Waals surface area (Å²) < 4.78 is 11.6. The van der Waals surface area contributed by atoms with Gasteiger partial charge in [0.2, 0.25) is 5.82 Å². The number of H-pyrrole nitrogens is 2. The zero-order valence-electron chi connectivity index (χ0n) is 19.4. The largest absolute Gasteiger partial charge is 0.453 e. The van der Waals surface area contributed by atoms with Gasteiger partial charge in [-0.15, -0.1) is 5.10 Å². The number of aromatic nitrogens is 4. The second-order valence-electron chi connectivity index (χ2n) is 8.43. The highest BCUT2D eigenvalue weighted by atomic mass is 35.5. The third-order valence-electron chi connectivity index (χ3n) is 4.23. The van der Waals surface area contributed by atoms with Crippen LogP contribution in [0.15, 0.2) is 38.8 Å². The summed E-state index contributed by atoms with van der Waals surface area (Å²) in [6.45, 7) is 4.94. The number of anilines is 2. The molecule has 2 heterocycles. The van der Waals surface area contributed by atoms with Gasteiger partial charge in [-0.3, -0.25) is 19.9 Å². The minimum Gasteiger partial charge on any atom is -0.453 e. The first-order chi connectivity index (χ1) is 16.2. The Morgan fingerprint density at radius 3 is 2.29 bits per heavy atom. The minimum absolute atomic E-state index is 0.00616. The molecule has 14 heteroatoms. The number of rotatable bonds is 5. The van der Waals surface area contributed by atoms with Gasteiger partial charge in [0.05, 0.1) is 15.7 Å². The predicted molar refractivity (Wildman–Crippen MR) is 132 cm³/mol. The molecule has 0 aliphatic rings. The van der Waals surface area contributed by atoms with Gasteiger partial charge in [-0.25, -0.2) is 9.59 Å². The number of hydrogen-bond acceptors (Lipinski definition) is 8. The van der Waals surface area contributed by atoms with Crippen LogP contribution in [-0.4, -0.2) is 45.5 Å². The lowest BCUT2D eigenvalue weighted by Gasteiger charge is -2.19. The highest BCUT2D eigenvalue weighted by Crippen LogP contribution is 2.38. The number of nitrogens with one attached hydrogen (secondary N) is 3. The zero-order valence-corrected chi connectivity index (χ0v) is 20.9. The first-order valence-electron chi connectivity index (χ1n) is 10.1. The molecule has 0 saturated carbocycles. The van der Waals surface area contributed by atoms with Gasteiger partial charge in [-0.1, -0.05) is 23.2 Å². The van der Waals surface area contributed by atoms with Gasteiger partial charge in [0.25, 0.3) is 11.1 Å². The van der Waals surface area contributed by atoms with E-state index in [1.165, 1.54) is 24.4 Å². The Hall–Kier alpha value is -3.77. The van der Waals surface area contributed by atoms with E-state index >= 15 is 0 Å². The average Bonchev–Trinajstić information content (AvgIpc) is 2.72. The predicted octanol–water partition coefficient (Wildman–Crippen LogP) is 3.12. The van der Waals surface area contributed by atoms with Gasteiger partial charge < -0.3 is 19.4 Å². The molecular weight excluding hydrogens is 503 g/mol. The monoisotopic (exact) mass is 524 g/mol. The summed E-state index contributed by atoms with van der Waals surface area (Å²) in [6, 6.07) is 4.15. The van der Waals surface area contributed by atoms with Crippen molar-refractivity contribution in [2.24, 2.45) is 0 Å². The lowest BCUT2D eigenvalue weighted by Crippen LogP contribution is -2.36. The maximum absolute atomic E-state index is 12.4. The van der Waals surface area contributed by atoms with E-state index < -0.39 is 28.8 Å². The van der Waals surface area contributed by atoms with Crippen LogP contribution in [0.2, 0.25) is 10.0 Å². The van der Waals surface area contributed by atoms with Crippen molar-refractivity contribution >= 4 is 40.8 Å². The van der Waals surface area contributed by atoms with Gasteiger partial charge in [0.1, 0.15) is 17.0 Å². The normalized spacial score (nSPS) is 11.2. The van der Waals surface area contributed by atoms with E-state index in [0.29, 0.717) is 5.69 Å². The molecule has 1 aromatic carbocycles. The minimum atomic E-state index is -0.932. The van der Waals surface area contributed by atoms with Crippen LogP contribution in [0.25, 0.3) is 5.69 Å². The standard InChI is InChI=1S/C21H22Cl2N6O6/c1-21(2,3)35-20(33)25-16-18(31)26-19(32)29(27-16)10-6-12(22)15(13(23)7-10)34-11-8-14(28(4)5)17(30)24-9-11/h6-9H,1-5H3,(H,24,30)(H,25,27,33)(H,26,31,32). The van der Waals surface area contributed by atoms with Crippen LogP contribution in [0.3, 0.4) is 0 Å². The Bertz CT molecular complexity index is 1430.